The molecule has 0 aromatic heterocycles. The summed E-state index contributed by atoms with van der Waals surface area (Å²) in [6, 6.07) is 0. The van der Waals surface area contributed by atoms with Crippen LogP contribution in [0.25, 0.3) is 0 Å². The van der Waals surface area contributed by atoms with Crippen molar-refractivity contribution in [2.24, 2.45) is 0 Å². The van der Waals surface area contributed by atoms with Gasteiger partial charge in [-0.2, -0.15) is 16.8 Å². The Labute approximate surface area is 123 Å². The highest BCUT2D eigenvalue weighted by atomic mass is 32.3. The third kappa shape index (κ3) is 4.03. The molecule has 20 heavy (non-hydrogen) atoms. The second kappa shape index (κ2) is 6.43. The van der Waals surface area contributed by atoms with Crippen molar-refractivity contribution in [2.45, 2.75) is 69.7 Å². The van der Waals surface area contributed by atoms with Gasteiger partial charge >= 0.3 is 0 Å². The molecule has 0 aliphatic heterocycles. The third-order valence-corrected chi connectivity index (χ3v) is 14.4. The Morgan fingerprint density at radius 1 is 0.800 bits per heavy atom. The van der Waals surface area contributed by atoms with Gasteiger partial charge in [-0.15, -0.1) is 0 Å². The standard InChI is InChI=1S/C11H26O6S2Si/c1-8(2)20(9(3)4,10(5)6)17-19(15,16)11(7)18(12,13)14/h8-11H,1-7H3,(H,12,13,14). The minimum Gasteiger partial charge on any atom is -0.313 e. The van der Waals surface area contributed by atoms with Crippen molar-refractivity contribution in [1.82, 2.24) is 0 Å². The lowest BCUT2D eigenvalue weighted by molar-refractivity contribution is 0.436. The summed E-state index contributed by atoms with van der Waals surface area (Å²) in [5.41, 5.74) is -0.0254. The van der Waals surface area contributed by atoms with Gasteiger partial charge in [-0.25, -0.2) is 0 Å². The lowest BCUT2D eigenvalue weighted by atomic mass is 10.5. The number of rotatable bonds is 7. The highest BCUT2D eigenvalue weighted by Gasteiger charge is 2.51. The van der Waals surface area contributed by atoms with Gasteiger partial charge < -0.3 is 3.87 Å². The lowest BCUT2D eigenvalue weighted by Gasteiger charge is -2.41. The van der Waals surface area contributed by atoms with Crippen molar-refractivity contribution in [1.29, 1.82) is 0 Å². The first-order valence-electron chi connectivity index (χ1n) is 6.60. The summed E-state index contributed by atoms with van der Waals surface area (Å²) in [6.45, 7) is 12.3. The van der Waals surface area contributed by atoms with Crippen LogP contribution in [0.2, 0.25) is 16.6 Å². The van der Waals surface area contributed by atoms with Gasteiger partial charge in [0.15, 0.2) is 0 Å². The van der Waals surface area contributed by atoms with E-state index in [1.54, 1.807) is 0 Å². The van der Waals surface area contributed by atoms with Gasteiger partial charge in [0, 0.05) is 0 Å². The zero-order valence-corrected chi connectivity index (χ0v) is 15.7. The maximum atomic E-state index is 12.2. The first-order valence-corrected chi connectivity index (χ1v) is 11.7. The topological polar surface area (TPSA) is 97.7 Å². The smallest absolute Gasteiger partial charge is 0.284 e. The van der Waals surface area contributed by atoms with E-state index in [1.165, 1.54) is 0 Å². The average molecular weight is 347 g/mol. The van der Waals surface area contributed by atoms with Crippen LogP contribution in [0.4, 0.5) is 0 Å². The summed E-state index contributed by atoms with van der Waals surface area (Å²) < 4.78 is 59.0. The first-order chi connectivity index (χ1) is 8.69. The Kier molecular flexibility index (Phi) is 6.44. The predicted molar refractivity (Wildman–Crippen MR) is 82.1 cm³/mol. The third-order valence-electron chi connectivity index (χ3n) is 3.79. The van der Waals surface area contributed by atoms with Gasteiger partial charge in [0.1, 0.15) is 0 Å². The molecule has 0 amide bonds. The van der Waals surface area contributed by atoms with Crippen LogP contribution in [0.15, 0.2) is 0 Å². The van der Waals surface area contributed by atoms with E-state index in [-0.39, 0.29) is 16.6 Å². The first kappa shape index (κ1) is 20.0. The molecular weight excluding hydrogens is 320 g/mol. The fourth-order valence-electron chi connectivity index (χ4n) is 2.71. The Morgan fingerprint density at radius 2 is 1.10 bits per heavy atom. The van der Waals surface area contributed by atoms with Crippen molar-refractivity contribution < 1.29 is 25.3 Å². The molecule has 0 heterocycles. The van der Waals surface area contributed by atoms with Gasteiger partial charge in [0.25, 0.3) is 20.2 Å². The summed E-state index contributed by atoms with van der Waals surface area (Å²) in [7, 11) is -11.9. The summed E-state index contributed by atoms with van der Waals surface area (Å²) >= 11 is 0. The molecule has 0 spiro atoms. The molecule has 0 radical (unpaired) electrons. The van der Waals surface area contributed by atoms with E-state index in [0.717, 1.165) is 6.92 Å². The van der Waals surface area contributed by atoms with E-state index in [0.29, 0.717) is 0 Å². The van der Waals surface area contributed by atoms with Crippen LogP contribution in [-0.4, -0.2) is 34.3 Å². The molecule has 0 saturated carbocycles. The monoisotopic (exact) mass is 346 g/mol. The lowest BCUT2D eigenvalue weighted by Crippen LogP contribution is -2.51. The van der Waals surface area contributed by atoms with E-state index >= 15 is 0 Å². The van der Waals surface area contributed by atoms with Crippen molar-refractivity contribution in [3.63, 3.8) is 0 Å². The zero-order chi connectivity index (χ0) is 16.5. The summed E-state index contributed by atoms with van der Waals surface area (Å²) in [5.74, 6) is 0. The molecule has 0 fully saturated rings. The fourth-order valence-corrected chi connectivity index (χ4v) is 12.7. The van der Waals surface area contributed by atoms with Gasteiger partial charge in [-0.3, -0.25) is 4.55 Å². The second-order valence-electron chi connectivity index (χ2n) is 5.98. The molecule has 9 heteroatoms. The van der Waals surface area contributed by atoms with Gasteiger partial charge in [0.05, 0.1) is 0 Å². The summed E-state index contributed by atoms with van der Waals surface area (Å²) in [4.78, 5) is 0. The van der Waals surface area contributed by atoms with Crippen molar-refractivity contribution in [3.8, 4) is 0 Å². The molecule has 6 nitrogen and oxygen atoms in total. The van der Waals surface area contributed by atoms with Crippen LogP contribution in [0.3, 0.4) is 0 Å². The van der Waals surface area contributed by atoms with E-state index in [4.69, 9.17) is 8.42 Å². The van der Waals surface area contributed by atoms with Gasteiger partial charge in [-0.05, 0) is 23.5 Å². The number of hydrogen-bond donors (Lipinski definition) is 1. The summed E-state index contributed by atoms with van der Waals surface area (Å²) in [5, 5.41) is 0. The zero-order valence-electron chi connectivity index (χ0n) is 13.1. The van der Waals surface area contributed by atoms with Crippen LogP contribution >= 0.6 is 0 Å². The molecule has 0 rings (SSSR count). The predicted octanol–water partition coefficient (Wildman–Crippen LogP) is 2.74. The SMILES string of the molecule is CC(C)[Si](OS(=O)(=O)C(C)S(=O)(=O)O)(C(C)C)C(C)C. The van der Waals surface area contributed by atoms with Crippen LogP contribution in [0.1, 0.15) is 48.5 Å². The molecular formula is C11H26O6S2Si. The quantitative estimate of drug-likeness (QED) is 0.562. The molecule has 0 bridgehead atoms. The van der Waals surface area contributed by atoms with Crippen molar-refractivity contribution in [3.05, 3.63) is 0 Å². The summed E-state index contributed by atoms with van der Waals surface area (Å²) in [6.07, 6.45) is 0. The van der Waals surface area contributed by atoms with Gasteiger partial charge in [0.2, 0.25) is 12.9 Å². The Hall–Kier alpha value is 0.0369. The minimum absolute atomic E-state index is 0.00845. The van der Waals surface area contributed by atoms with Crippen LogP contribution in [0, 0.1) is 0 Å². The Balaban J connectivity index is 5.84. The Morgan fingerprint density at radius 3 is 1.30 bits per heavy atom. The number of hydrogen-bond acceptors (Lipinski definition) is 5. The molecule has 0 aromatic carbocycles. The molecule has 1 atom stereocenters. The van der Waals surface area contributed by atoms with E-state index in [9.17, 15) is 16.8 Å². The second-order valence-corrected chi connectivity index (χ2v) is 15.5. The maximum absolute atomic E-state index is 12.2. The van der Waals surface area contributed by atoms with Crippen molar-refractivity contribution in [2.75, 3.05) is 0 Å². The largest absolute Gasteiger partial charge is 0.313 e. The van der Waals surface area contributed by atoms with E-state index < -0.39 is 33.1 Å². The Bertz CT molecular complexity index is 499. The van der Waals surface area contributed by atoms with Crippen LogP contribution < -0.4 is 0 Å². The van der Waals surface area contributed by atoms with Gasteiger partial charge in [-0.1, -0.05) is 41.5 Å². The fraction of sp³-hybridized carbons (Fsp3) is 1.00. The molecule has 0 saturated heterocycles. The maximum Gasteiger partial charge on any atom is 0.284 e. The van der Waals surface area contributed by atoms with E-state index in [1.807, 2.05) is 41.5 Å². The van der Waals surface area contributed by atoms with Crippen molar-refractivity contribution >= 4 is 28.6 Å². The highest BCUT2D eigenvalue weighted by Crippen LogP contribution is 2.43. The molecule has 0 aliphatic rings. The molecule has 122 valence electrons. The van der Waals surface area contributed by atoms with Crippen LogP contribution in [-0.2, 0) is 24.1 Å². The molecule has 0 aliphatic carbocycles. The minimum atomic E-state index is -4.70. The molecule has 0 aromatic rings. The molecule has 1 N–H and O–H groups in total. The molecule has 1 unspecified atom stereocenters. The normalized spacial score (nSPS) is 16.1. The highest BCUT2D eigenvalue weighted by molar-refractivity contribution is 8.04. The average Bonchev–Trinajstić information content (AvgIpc) is 2.22. The van der Waals surface area contributed by atoms with E-state index in [2.05, 4.69) is 0 Å². The van der Waals surface area contributed by atoms with Crippen LogP contribution in [0.5, 0.6) is 0 Å².